The number of fused-ring (bicyclic) bond motifs is 1. The van der Waals surface area contributed by atoms with E-state index < -0.39 is 10.0 Å². The van der Waals surface area contributed by atoms with Gasteiger partial charge in [-0.1, -0.05) is 0 Å². The van der Waals surface area contributed by atoms with Crippen molar-refractivity contribution >= 4 is 42.8 Å². The molecule has 6 nitrogen and oxygen atoms in total. The average Bonchev–Trinajstić information content (AvgIpc) is 2.51. The SMILES string of the molecule is CS(=O)(=O)N1CCC(Nc2ncc3ccc(F)c(Br)c3n2)CC1. The molecule has 1 fully saturated rings. The molecule has 9 heteroatoms. The summed E-state index contributed by atoms with van der Waals surface area (Å²) in [6, 6.07) is 3.09. The first-order valence-corrected chi connectivity index (χ1v) is 9.81. The van der Waals surface area contributed by atoms with Crippen molar-refractivity contribution in [3.05, 3.63) is 28.6 Å². The topological polar surface area (TPSA) is 75.2 Å². The highest BCUT2D eigenvalue weighted by molar-refractivity contribution is 9.10. The van der Waals surface area contributed by atoms with E-state index in [2.05, 4.69) is 31.2 Å². The van der Waals surface area contributed by atoms with E-state index in [0.29, 0.717) is 41.9 Å². The Labute approximate surface area is 142 Å². The van der Waals surface area contributed by atoms with Gasteiger partial charge in [-0.2, -0.15) is 0 Å². The van der Waals surface area contributed by atoms with Crippen LogP contribution >= 0.6 is 15.9 Å². The Morgan fingerprint density at radius 1 is 1.35 bits per heavy atom. The van der Waals surface area contributed by atoms with Gasteiger partial charge in [0.15, 0.2) is 0 Å². The monoisotopic (exact) mass is 402 g/mol. The maximum atomic E-state index is 13.6. The largest absolute Gasteiger partial charge is 0.351 e. The van der Waals surface area contributed by atoms with Gasteiger partial charge < -0.3 is 5.32 Å². The number of nitrogens with zero attached hydrogens (tertiary/aromatic N) is 3. The first-order chi connectivity index (χ1) is 10.8. The summed E-state index contributed by atoms with van der Waals surface area (Å²) in [7, 11) is -3.13. The molecule has 1 saturated heterocycles. The van der Waals surface area contributed by atoms with Gasteiger partial charge in [0.2, 0.25) is 16.0 Å². The van der Waals surface area contributed by atoms with Crippen LogP contribution in [0.5, 0.6) is 0 Å². The molecule has 0 amide bonds. The molecule has 1 aromatic heterocycles. The van der Waals surface area contributed by atoms with Gasteiger partial charge in [0.25, 0.3) is 0 Å². The van der Waals surface area contributed by atoms with Crippen molar-refractivity contribution in [3.63, 3.8) is 0 Å². The highest BCUT2D eigenvalue weighted by Crippen LogP contribution is 2.26. The maximum absolute atomic E-state index is 13.6. The van der Waals surface area contributed by atoms with Gasteiger partial charge >= 0.3 is 0 Å². The van der Waals surface area contributed by atoms with E-state index in [-0.39, 0.29) is 11.9 Å². The van der Waals surface area contributed by atoms with Gasteiger partial charge in [-0.15, -0.1) is 0 Å². The summed E-state index contributed by atoms with van der Waals surface area (Å²) in [6.45, 7) is 0.949. The van der Waals surface area contributed by atoms with E-state index in [0.717, 1.165) is 5.39 Å². The molecule has 0 saturated carbocycles. The third-order valence-corrected chi connectivity index (χ3v) is 5.96. The van der Waals surface area contributed by atoms with Crippen LogP contribution < -0.4 is 5.32 Å². The molecule has 1 aliphatic heterocycles. The summed E-state index contributed by atoms with van der Waals surface area (Å²) < 4.78 is 38.4. The highest BCUT2D eigenvalue weighted by Gasteiger charge is 2.25. The van der Waals surface area contributed by atoms with Crippen molar-refractivity contribution in [2.24, 2.45) is 0 Å². The zero-order valence-corrected chi connectivity index (χ0v) is 14.9. The number of piperidine rings is 1. The fraction of sp³-hybridized carbons (Fsp3) is 0.429. The second kappa shape index (κ2) is 6.29. The zero-order valence-electron chi connectivity index (χ0n) is 12.5. The molecule has 23 heavy (non-hydrogen) atoms. The summed E-state index contributed by atoms with van der Waals surface area (Å²) in [6.07, 6.45) is 4.22. The minimum atomic E-state index is -3.13. The second-order valence-corrected chi connectivity index (χ2v) is 8.35. The third-order valence-electron chi connectivity index (χ3n) is 3.90. The lowest BCUT2D eigenvalue weighted by molar-refractivity contribution is 0.331. The Kier molecular flexibility index (Phi) is 4.52. The number of halogens is 2. The summed E-state index contributed by atoms with van der Waals surface area (Å²) >= 11 is 3.20. The van der Waals surface area contributed by atoms with Crippen molar-refractivity contribution < 1.29 is 12.8 Å². The van der Waals surface area contributed by atoms with Gasteiger partial charge in [-0.3, -0.25) is 0 Å². The molecule has 1 N–H and O–H groups in total. The first-order valence-electron chi connectivity index (χ1n) is 7.17. The van der Waals surface area contributed by atoms with E-state index in [9.17, 15) is 12.8 Å². The van der Waals surface area contributed by atoms with Gasteiger partial charge in [0, 0.05) is 30.7 Å². The number of hydrogen-bond acceptors (Lipinski definition) is 5. The number of nitrogens with one attached hydrogen (secondary N) is 1. The summed E-state index contributed by atoms with van der Waals surface area (Å²) in [5.41, 5.74) is 0.510. The molecule has 0 bridgehead atoms. The molecule has 3 rings (SSSR count). The number of sulfonamides is 1. The molecular weight excluding hydrogens is 387 g/mol. The molecular formula is C14H16BrFN4O2S. The van der Waals surface area contributed by atoms with Crippen molar-refractivity contribution in [2.45, 2.75) is 18.9 Å². The first kappa shape index (κ1) is 16.5. The summed E-state index contributed by atoms with van der Waals surface area (Å²) in [5.74, 6) is 0.0465. The lowest BCUT2D eigenvalue weighted by Crippen LogP contribution is -2.42. The Morgan fingerprint density at radius 2 is 2.04 bits per heavy atom. The van der Waals surface area contributed by atoms with Crippen LogP contribution in [0.4, 0.5) is 10.3 Å². The van der Waals surface area contributed by atoms with Gasteiger partial charge in [-0.05, 0) is 40.9 Å². The molecule has 0 radical (unpaired) electrons. The van der Waals surface area contributed by atoms with Crippen LogP contribution in [0.2, 0.25) is 0 Å². The van der Waals surface area contributed by atoms with Gasteiger partial charge in [-0.25, -0.2) is 27.1 Å². The molecule has 2 heterocycles. The molecule has 0 atom stereocenters. The standard InChI is InChI=1S/C14H16BrFN4O2S/c1-23(21,22)20-6-4-10(5-7-20)18-14-17-8-9-2-3-11(16)12(15)13(9)19-14/h2-3,8,10H,4-7H2,1H3,(H,17,18,19). The molecule has 0 spiro atoms. The lowest BCUT2D eigenvalue weighted by Gasteiger charge is -2.30. The van der Waals surface area contributed by atoms with Crippen molar-refractivity contribution in [1.29, 1.82) is 0 Å². The van der Waals surface area contributed by atoms with E-state index in [1.807, 2.05) is 0 Å². The van der Waals surface area contributed by atoms with E-state index in [1.165, 1.54) is 16.6 Å². The van der Waals surface area contributed by atoms with Crippen LogP contribution in [0.25, 0.3) is 10.9 Å². The normalized spacial score (nSPS) is 17.5. The smallest absolute Gasteiger partial charge is 0.223 e. The highest BCUT2D eigenvalue weighted by atomic mass is 79.9. The maximum Gasteiger partial charge on any atom is 0.223 e. The molecule has 2 aromatic rings. The average molecular weight is 403 g/mol. The Bertz CT molecular complexity index is 838. The van der Waals surface area contributed by atoms with Crippen LogP contribution in [0.15, 0.2) is 22.8 Å². The molecule has 0 aliphatic carbocycles. The van der Waals surface area contributed by atoms with Gasteiger partial charge in [0.05, 0.1) is 16.2 Å². The van der Waals surface area contributed by atoms with Crippen LogP contribution in [0.3, 0.4) is 0 Å². The number of anilines is 1. The number of hydrogen-bond donors (Lipinski definition) is 1. The van der Waals surface area contributed by atoms with E-state index in [4.69, 9.17) is 0 Å². The van der Waals surface area contributed by atoms with Crippen LogP contribution in [0, 0.1) is 5.82 Å². The number of aromatic nitrogens is 2. The number of benzene rings is 1. The predicted molar refractivity (Wildman–Crippen MR) is 90.3 cm³/mol. The van der Waals surface area contributed by atoms with Crippen molar-refractivity contribution in [1.82, 2.24) is 14.3 Å². The van der Waals surface area contributed by atoms with Crippen LogP contribution in [-0.2, 0) is 10.0 Å². The fourth-order valence-electron chi connectivity index (χ4n) is 2.62. The van der Waals surface area contributed by atoms with Crippen LogP contribution in [-0.4, -0.2) is 48.1 Å². The minimum Gasteiger partial charge on any atom is -0.351 e. The zero-order chi connectivity index (χ0) is 16.6. The van der Waals surface area contributed by atoms with Crippen LogP contribution in [0.1, 0.15) is 12.8 Å². The van der Waals surface area contributed by atoms with E-state index in [1.54, 1.807) is 12.3 Å². The Hall–Kier alpha value is -1.32. The quantitative estimate of drug-likeness (QED) is 0.852. The molecule has 0 unspecified atom stereocenters. The number of rotatable bonds is 3. The van der Waals surface area contributed by atoms with Crippen molar-refractivity contribution in [2.75, 3.05) is 24.7 Å². The Balaban J connectivity index is 1.74. The second-order valence-electron chi connectivity index (χ2n) is 5.57. The molecule has 1 aliphatic rings. The van der Waals surface area contributed by atoms with Gasteiger partial charge in [0.1, 0.15) is 5.82 Å². The molecule has 1 aromatic carbocycles. The summed E-state index contributed by atoms with van der Waals surface area (Å²) in [4.78, 5) is 8.60. The minimum absolute atomic E-state index is 0.0952. The lowest BCUT2D eigenvalue weighted by atomic mass is 10.1. The third kappa shape index (κ3) is 3.61. The van der Waals surface area contributed by atoms with Crippen molar-refractivity contribution in [3.8, 4) is 0 Å². The summed E-state index contributed by atoms with van der Waals surface area (Å²) in [5, 5.41) is 3.95. The fourth-order valence-corrected chi connectivity index (χ4v) is 3.95. The Morgan fingerprint density at radius 3 is 2.70 bits per heavy atom. The molecule has 124 valence electrons. The van der Waals surface area contributed by atoms with E-state index >= 15 is 0 Å². The predicted octanol–water partition coefficient (Wildman–Crippen LogP) is 2.37.